The molecule has 0 aliphatic carbocycles. The molecule has 170 valence electrons. The molecule has 2 heterocycles. The molecule has 1 aliphatic heterocycles. The smallest absolute Gasteiger partial charge is 0.271 e. The van der Waals surface area contributed by atoms with Crippen molar-refractivity contribution in [2.75, 3.05) is 21.3 Å². The van der Waals surface area contributed by atoms with E-state index in [2.05, 4.69) is 4.99 Å². The van der Waals surface area contributed by atoms with Gasteiger partial charge in [-0.05, 0) is 38.1 Å². The summed E-state index contributed by atoms with van der Waals surface area (Å²) >= 11 is 1.27. The lowest BCUT2D eigenvalue weighted by Gasteiger charge is -2.26. The molecular weight excluding hydrogens is 440 g/mol. The summed E-state index contributed by atoms with van der Waals surface area (Å²) in [6, 6.07) is 12.2. The van der Waals surface area contributed by atoms with Crippen LogP contribution in [0.3, 0.4) is 0 Å². The molecule has 8 heteroatoms. The molecule has 7 nitrogen and oxygen atoms in total. The van der Waals surface area contributed by atoms with Crippen molar-refractivity contribution < 1.29 is 19.0 Å². The number of carbonyl (C=O) groups excluding carboxylic acids is 1. The average Bonchev–Trinajstić information content (AvgIpc) is 3.12. The molecule has 0 amide bonds. The zero-order valence-electron chi connectivity index (χ0n) is 19.0. The van der Waals surface area contributed by atoms with Gasteiger partial charge in [-0.2, -0.15) is 0 Å². The molecule has 1 aliphatic rings. The van der Waals surface area contributed by atoms with Gasteiger partial charge >= 0.3 is 0 Å². The molecule has 3 aromatic rings. The number of thiazole rings is 1. The number of ketones is 1. The zero-order valence-corrected chi connectivity index (χ0v) is 19.9. The van der Waals surface area contributed by atoms with E-state index in [9.17, 15) is 9.59 Å². The number of para-hydroxylation sites is 1. The second-order valence-corrected chi connectivity index (χ2v) is 8.50. The van der Waals surface area contributed by atoms with E-state index in [1.165, 1.54) is 18.3 Å². The van der Waals surface area contributed by atoms with Crippen LogP contribution >= 0.6 is 11.3 Å². The summed E-state index contributed by atoms with van der Waals surface area (Å²) in [5, 5.41) is 0. The number of ether oxygens (including phenoxy) is 3. The number of methoxy groups -OCH3 is 3. The van der Waals surface area contributed by atoms with Gasteiger partial charge in [0.05, 0.1) is 31.9 Å². The van der Waals surface area contributed by atoms with Crippen LogP contribution in [-0.4, -0.2) is 31.7 Å². The SMILES string of the molecule is COc1ccc([C@H]2C(C(C)=O)=C(C)N=c3s/c(=C\c4ccccc4OC)c(=O)n32)c(OC)c1. The molecule has 1 aromatic heterocycles. The van der Waals surface area contributed by atoms with Gasteiger partial charge in [0, 0.05) is 28.5 Å². The van der Waals surface area contributed by atoms with E-state index in [-0.39, 0.29) is 11.3 Å². The first-order valence-electron chi connectivity index (χ1n) is 10.3. The number of fused-ring (bicyclic) bond motifs is 1. The third kappa shape index (κ3) is 3.98. The van der Waals surface area contributed by atoms with Gasteiger partial charge in [0.25, 0.3) is 5.56 Å². The first kappa shape index (κ1) is 22.5. The van der Waals surface area contributed by atoms with Crippen molar-refractivity contribution in [2.24, 2.45) is 4.99 Å². The summed E-state index contributed by atoms with van der Waals surface area (Å²) in [5.74, 6) is 1.65. The van der Waals surface area contributed by atoms with Crippen LogP contribution in [0.2, 0.25) is 0 Å². The van der Waals surface area contributed by atoms with Crippen molar-refractivity contribution in [3.63, 3.8) is 0 Å². The predicted molar refractivity (Wildman–Crippen MR) is 127 cm³/mol. The fourth-order valence-corrected chi connectivity index (χ4v) is 5.07. The van der Waals surface area contributed by atoms with Gasteiger partial charge in [-0.3, -0.25) is 14.2 Å². The first-order chi connectivity index (χ1) is 15.9. The van der Waals surface area contributed by atoms with Crippen LogP contribution in [0.1, 0.15) is 31.0 Å². The molecule has 1 atom stereocenters. The van der Waals surface area contributed by atoms with E-state index in [0.717, 1.165) is 5.56 Å². The topological polar surface area (TPSA) is 79.1 Å². The minimum Gasteiger partial charge on any atom is -0.497 e. The lowest BCUT2D eigenvalue weighted by atomic mass is 9.92. The van der Waals surface area contributed by atoms with Crippen LogP contribution in [0.15, 0.2) is 63.5 Å². The monoisotopic (exact) mass is 464 g/mol. The number of hydrogen-bond acceptors (Lipinski definition) is 7. The Labute approximate surface area is 194 Å². The van der Waals surface area contributed by atoms with Crippen molar-refractivity contribution in [1.29, 1.82) is 0 Å². The second-order valence-electron chi connectivity index (χ2n) is 7.49. The molecular formula is C25H24N2O5S. The Kier molecular flexibility index (Phi) is 6.20. The third-order valence-corrected chi connectivity index (χ3v) is 6.54. The van der Waals surface area contributed by atoms with Crippen LogP contribution in [0.4, 0.5) is 0 Å². The van der Waals surface area contributed by atoms with Crippen molar-refractivity contribution >= 4 is 23.2 Å². The van der Waals surface area contributed by atoms with E-state index < -0.39 is 6.04 Å². The van der Waals surface area contributed by atoms with Crippen LogP contribution in [0.5, 0.6) is 17.2 Å². The highest BCUT2D eigenvalue weighted by molar-refractivity contribution is 7.07. The number of carbonyl (C=O) groups is 1. The molecule has 33 heavy (non-hydrogen) atoms. The number of aromatic nitrogens is 1. The lowest BCUT2D eigenvalue weighted by molar-refractivity contribution is -0.114. The number of nitrogens with zero attached hydrogens (tertiary/aromatic N) is 2. The Morgan fingerprint density at radius 1 is 1.06 bits per heavy atom. The number of hydrogen-bond donors (Lipinski definition) is 0. The normalized spacial score (nSPS) is 15.7. The van der Waals surface area contributed by atoms with E-state index in [0.29, 0.717) is 43.4 Å². The standard InChI is InChI=1S/C25H24N2O5S/c1-14-22(15(2)28)23(18-11-10-17(30-3)13-20(18)32-5)27-24(29)21(33-25(27)26-14)12-16-8-6-7-9-19(16)31-4/h6-13,23H,1-5H3/b21-12-/t23-/m0/s1. The van der Waals surface area contributed by atoms with Crippen LogP contribution in [-0.2, 0) is 4.79 Å². The van der Waals surface area contributed by atoms with Crippen molar-refractivity contribution in [2.45, 2.75) is 19.9 Å². The molecule has 2 aromatic carbocycles. The third-order valence-electron chi connectivity index (χ3n) is 5.56. The molecule has 0 saturated heterocycles. The van der Waals surface area contributed by atoms with E-state index in [1.807, 2.05) is 30.3 Å². The second kappa shape index (κ2) is 9.07. The van der Waals surface area contributed by atoms with Gasteiger partial charge in [-0.25, -0.2) is 4.99 Å². The molecule has 0 unspecified atom stereocenters. The number of Topliss-reactive ketones (excluding diaryl/α,β-unsaturated/α-hetero) is 1. The Morgan fingerprint density at radius 2 is 1.79 bits per heavy atom. The van der Waals surface area contributed by atoms with Crippen molar-refractivity contribution in [3.8, 4) is 17.2 Å². The van der Waals surface area contributed by atoms with Gasteiger partial charge in [0.1, 0.15) is 17.2 Å². The minimum absolute atomic E-state index is 0.155. The highest BCUT2D eigenvalue weighted by Crippen LogP contribution is 2.37. The lowest BCUT2D eigenvalue weighted by Crippen LogP contribution is -2.39. The maximum absolute atomic E-state index is 13.6. The van der Waals surface area contributed by atoms with Gasteiger partial charge in [0.15, 0.2) is 10.6 Å². The fourth-order valence-electron chi connectivity index (χ4n) is 4.04. The maximum atomic E-state index is 13.6. The summed E-state index contributed by atoms with van der Waals surface area (Å²) in [6.45, 7) is 3.28. The minimum atomic E-state index is -0.667. The highest BCUT2D eigenvalue weighted by Gasteiger charge is 2.32. The molecule has 0 bridgehead atoms. The molecule has 4 rings (SSSR count). The van der Waals surface area contributed by atoms with Gasteiger partial charge < -0.3 is 14.2 Å². The maximum Gasteiger partial charge on any atom is 0.271 e. The Hall–Kier alpha value is -3.65. The summed E-state index contributed by atoms with van der Waals surface area (Å²) in [7, 11) is 4.71. The van der Waals surface area contributed by atoms with Crippen LogP contribution < -0.4 is 29.1 Å². The quantitative estimate of drug-likeness (QED) is 0.561. The van der Waals surface area contributed by atoms with Crippen molar-refractivity contribution in [3.05, 3.63) is 84.5 Å². The molecule has 0 radical (unpaired) electrons. The summed E-state index contributed by atoms with van der Waals surface area (Å²) in [6.07, 6.45) is 1.79. The summed E-state index contributed by atoms with van der Waals surface area (Å²) in [5.41, 5.74) is 2.26. The average molecular weight is 465 g/mol. The Morgan fingerprint density at radius 3 is 2.45 bits per heavy atom. The number of rotatable bonds is 6. The summed E-state index contributed by atoms with van der Waals surface area (Å²) < 4.78 is 18.4. The van der Waals surface area contributed by atoms with E-state index in [4.69, 9.17) is 14.2 Å². The summed E-state index contributed by atoms with van der Waals surface area (Å²) in [4.78, 5) is 31.5. The number of benzene rings is 2. The van der Waals surface area contributed by atoms with Gasteiger partial charge in [-0.1, -0.05) is 29.5 Å². The first-order valence-corrected chi connectivity index (χ1v) is 11.1. The van der Waals surface area contributed by atoms with Crippen LogP contribution in [0, 0.1) is 0 Å². The largest absolute Gasteiger partial charge is 0.497 e. The van der Waals surface area contributed by atoms with Crippen molar-refractivity contribution in [1.82, 2.24) is 4.57 Å². The Balaban J connectivity index is 2.01. The van der Waals surface area contributed by atoms with Gasteiger partial charge in [-0.15, -0.1) is 0 Å². The zero-order chi connectivity index (χ0) is 23.7. The van der Waals surface area contributed by atoms with Gasteiger partial charge in [0.2, 0.25) is 0 Å². The predicted octanol–water partition coefficient (Wildman–Crippen LogP) is 2.85. The fraction of sp³-hybridized carbons (Fsp3) is 0.240. The molecule has 0 saturated carbocycles. The number of allylic oxidation sites excluding steroid dienone is 2. The van der Waals surface area contributed by atoms with E-state index in [1.54, 1.807) is 51.0 Å². The molecule has 0 N–H and O–H groups in total. The Bertz CT molecular complexity index is 1450. The van der Waals surface area contributed by atoms with E-state index >= 15 is 0 Å². The molecule has 0 spiro atoms. The highest BCUT2D eigenvalue weighted by atomic mass is 32.1. The van der Waals surface area contributed by atoms with Crippen LogP contribution in [0.25, 0.3) is 6.08 Å². The molecule has 0 fully saturated rings.